The molecule has 2 heterocycles. The number of rotatable bonds is 7. The Labute approximate surface area is 225 Å². The summed E-state index contributed by atoms with van der Waals surface area (Å²) in [4.78, 5) is 52.8. The molecule has 0 bridgehead atoms. The minimum Gasteiger partial charge on any atom is -0.385 e. The fourth-order valence-corrected chi connectivity index (χ4v) is 5.26. The van der Waals surface area contributed by atoms with Crippen LogP contribution in [0.25, 0.3) is 21.9 Å². The molecule has 0 spiro atoms. The van der Waals surface area contributed by atoms with Gasteiger partial charge in [-0.15, -0.1) is 0 Å². The molecule has 39 heavy (non-hydrogen) atoms. The highest BCUT2D eigenvalue weighted by molar-refractivity contribution is 6.25. The normalized spacial score (nSPS) is 16.9. The number of nitrogens with two attached hydrogens (primary N) is 1. The molecular formula is C31H26N4O4. The van der Waals surface area contributed by atoms with Gasteiger partial charge in [0.15, 0.2) is 0 Å². The number of imide groups is 2. The van der Waals surface area contributed by atoms with E-state index in [0.29, 0.717) is 36.3 Å². The van der Waals surface area contributed by atoms with Crippen molar-refractivity contribution in [1.82, 2.24) is 4.90 Å². The van der Waals surface area contributed by atoms with Crippen molar-refractivity contribution < 1.29 is 19.2 Å². The van der Waals surface area contributed by atoms with E-state index in [1.165, 1.54) is 4.90 Å². The molecule has 4 amide bonds. The van der Waals surface area contributed by atoms with Crippen LogP contribution in [0, 0.1) is 0 Å². The summed E-state index contributed by atoms with van der Waals surface area (Å²) in [6, 6.07) is 25.4. The predicted molar refractivity (Wildman–Crippen MR) is 149 cm³/mol. The number of hydrogen-bond acceptors (Lipinski definition) is 6. The van der Waals surface area contributed by atoms with Crippen molar-refractivity contribution in [1.29, 1.82) is 0 Å². The van der Waals surface area contributed by atoms with Gasteiger partial charge in [-0.3, -0.25) is 24.1 Å². The lowest BCUT2D eigenvalue weighted by Crippen LogP contribution is -2.41. The van der Waals surface area contributed by atoms with E-state index < -0.39 is 6.04 Å². The average Bonchev–Trinajstić information content (AvgIpc) is 3.22. The maximum absolute atomic E-state index is 13.0. The molecule has 0 radical (unpaired) electrons. The molecule has 1 saturated heterocycles. The highest BCUT2D eigenvalue weighted by Crippen LogP contribution is 2.30. The number of carbonyl (C=O) groups excluding carboxylic acids is 4. The van der Waals surface area contributed by atoms with Gasteiger partial charge in [-0.1, -0.05) is 48.5 Å². The number of amides is 4. The van der Waals surface area contributed by atoms with Crippen molar-refractivity contribution in [3.63, 3.8) is 0 Å². The van der Waals surface area contributed by atoms with Crippen molar-refractivity contribution in [2.75, 3.05) is 23.3 Å². The maximum Gasteiger partial charge on any atom is 0.261 e. The molecule has 1 fully saturated rings. The molecule has 2 aliphatic rings. The SMILES string of the molecule is NC1CC(=O)N(c2ccc(-c3ccc(NCCCN4C(=O)c5cccc6cccc(c56)C4=O)cc3)cc2)C1=O. The number of carbonyl (C=O) groups is 4. The molecular weight excluding hydrogens is 492 g/mol. The number of nitrogens with zero attached hydrogens (tertiary/aromatic N) is 2. The lowest BCUT2D eigenvalue weighted by molar-refractivity contribution is -0.121. The third-order valence-electron chi connectivity index (χ3n) is 7.27. The van der Waals surface area contributed by atoms with E-state index in [4.69, 9.17) is 5.73 Å². The molecule has 194 valence electrons. The molecule has 8 heteroatoms. The maximum atomic E-state index is 13.0. The molecule has 0 aromatic heterocycles. The lowest BCUT2D eigenvalue weighted by atomic mass is 9.94. The van der Waals surface area contributed by atoms with E-state index in [2.05, 4.69) is 5.32 Å². The third-order valence-corrected chi connectivity index (χ3v) is 7.27. The molecule has 1 atom stereocenters. The minimum absolute atomic E-state index is 0.0319. The molecule has 4 aromatic rings. The van der Waals surface area contributed by atoms with Crippen molar-refractivity contribution in [2.24, 2.45) is 5.73 Å². The quantitative estimate of drug-likeness (QED) is 0.280. The fourth-order valence-electron chi connectivity index (χ4n) is 5.26. The summed E-state index contributed by atoms with van der Waals surface area (Å²) in [5, 5.41) is 4.98. The molecule has 6 rings (SSSR count). The fraction of sp³-hybridized carbons (Fsp3) is 0.161. The van der Waals surface area contributed by atoms with Crippen molar-refractivity contribution in [3.8, 4) is 11.1 Å². The number of nitrogens with one attached hydrogen (secondary N) is 1. The van der Waals surface area contributed by atoms with Crippen molar-refractivity contribution in [2.45, 2.75) is 18.9 Å². The highest BCUT2D eigenvalue weighted by Gasteiger charge is 2.37. The molecule has 1 unspecified atom stereocenters. The smallest absolute Gasteiger partial charge is 0.261 e. The van der Waals surface area contributed by atoms with E-state index in [1.807, 2.05) is 60.7 Å². The summed E-state index contributed by atoms with van der Waals surface area (Å²) < 4.78 is 0. The summed E-state index contributed by atoms with van der Waals surface area (Å²) >= 11 is 0. The van der Waals surface area contributed by atoms with Gasteiger partial charge in [-0.2, -0.15) is 0 Å². The first-order chi connectivity index (χ1) is 18.9. The largest absolute Gasteiger partial charge is 0.385 e. The first kappa shape index (κ1) is 24.5. The Morgan fingerprint density at radius 1 is 0.769 bits per heavy atom. The van der Waals surface area contributed by atoms with Gasteiger partial charge in [-0.25, -0.2) is 4.90 Å². The second-order valence-corrected chi connectivity index (χ2v) is 9.75. The van der Waals surface area contributed by atoms with E-state index in [-0.39, 0.29) is 30.0 Å². The lowest BCUT2D eigenvalue weighted by Gasteiger charge is -2.27. The van der Waals surface area contributed by atoms with Crippen LogP contribution in [0.3, 0.4) is 0 Å². The van der Waals surface area contributed by atoms with E-state index >= 15 is 0 Å². The summed E-state index contributed by atoms with van der Waals surface area (Å²) in [7, 11) is 0. The Morgan fingerprint density at radius 2 is 1.36 bits per heavy atom. The van der Waals surface area contributed by atoms with Crippen LogP contribution in [0.15, 0.2) is 84.9 Å². The van der Waals surface area contributed by atoms with Gasteiger partial charge >= 0.3 is 0 Å². The Kier molecular flexibility index (Phi) is 6.17. The summed E-state index contributed by atoms with van der Waals surface area (Å²) in [5.41, 5.74) is 10.2. The number of anilines is 2. The van der Waals surface area contributed by atoms with Gasteiger partial charge in [0.1, 0.15) is 0 Å². The monoisotopic (exact) mass is 518 g/mol. The van der Waals surface area contributed by atoms with Crippen LogP contribution >= 0.6 is 0 Å². The van der Waals surface area contributed by atoms with Gasteiger partial charge in [0.25, 0.3) is 17.7 Å². The van der Waals surface area contributed by atoms with E-state index in [0.717, 1.165) is 32.5 Å². The second-order valence-electron chi connectivity index (χ2n) is 9.75. The first-order valence-electron chi connectivity index (χ1n) is 12.9. The molecule has 4 aromatic carbocycles. The predicted octanol–water partition coefficient (Wildman–Crippen LogP) is 4.20. The highest BCUT2D eigenvalue weighted by atomic mass is 16.2. The van der Waals surface area contributed by atoms with Gasteiger partial charge in [-0.05, 0) is 59.3 Å². The van der Waals surface area contributed by atoms with Crippen molar-refractivity contribution >= 4 is 45.8 Å². The van der Waals surface area contributed by atoms with Gasteiger partial charge in [0, 0.05) is 35.3 Å². The van der Waals surface area contributed by atoms with Crippen LogP contribution in [0.4, 0.5) is 11.4 Å². The average molecular weight is 519 g/mol. The summed E-state index contributed by atoms with van der Waals surface area (Å²) in [5.74, 6) is -1.16. The Bertz CT molecular complexity index is 1580. The Hall–Kier alpha value is -4.82. The van der Waals surface area contributed by atoms with E-state index in [9.17, 15) is 19.2 Å². The standard InChI is InChI=1S/C31H26N4O4/c32-26-18-27(36)35(31(26)39)23-14-10-20(11-15-23)19-8-12-22(13-9-19)33-16-3-17-34-29(37)24-6-1-4-21-5-2-7-25(28(21)24)30(34)38/h1-2,4-15,26,33H,3,16-18,32H2. The van der Waals surface area contributed by atoms with Crippen LogP contribution in [0.2, 0.25) is 0 Å². The van der Waals surface area contributed by atoms with Gasteiger partial charge in [0.2, 0.25) is 5.91 Å². The number of benzene rings is 4. The molecule has 3 N–H and O–H groups in total. The molecule has 8 nitrogen and oxygen atoms in total. The van der Waals surface area contributed by atoms with E-state index in [1.54, 1.807) is 24.3 Å². The zero-order valence-corrected chi connectivity index (χ0v) is 21.1. The zero-order chi connectivity index (χ0) is 27.1. The van der Waals surface area contributed by atoms with Crippen LogP contribution in [0.5, 0.6) is 0 Å². The zero-order valence-electron chi connectivity index (χ0n) is 21.1. The molecule has 2 aliphatic heterocycles. The first-order valence-corrected chi connectivity index (χ1v) is 12.9. The van der Waals surface area contributed by atoms with Gasteiger partial charge < -0.3 is 11.1 Å². The molecule has 0 saturated carbocycles. The minimum atomic E-state index is -0.773. The third kappa shape index (κ3) is 4.34. The van der Waals surface area contributed by atoms with Crippen LogP contribution in [0.1, 0.15) is 33.6 Å². The van der Waals surface area contributed by atoms with Crippen LogP contribution in [-0.2, 0) is 9.59 Å². The second kappa shape index (κ2) is 9.81. The summed E-state index contributed by atoms with van der Waals surface area (Å²) in [6.45, 7) is 0.920. The van der Waals surface area contributed by atoms with Crippen molar-refractivity contribution in [3.05, 3.63) is 96.1 Å². The number of hydrogen-bond donors (Lipinski definition) is 2. The Morgan fingerprint density at radius 3 is 1.92 bits per heavy atom. The van der Waals surface area contributed by atoms with Crippen LogP contribution in [-0.4, -0.2) is 47.7 Å². The topological polar surface area (TPSA) is 113 Å². The van der Waals surface area contributed by atoms with Crippen LogP contribution < -0.4 is 16.0 Å². The molecule has 0 aliphatic carbocycles. The Balaban J connectivity index is 1.05. The van der Waals surface area contributed by atoms with Gasteiger partial charge in [0.05, 0.1) is 18.2 Å². The summed E-state index contributed by atoms with van der Waals surface area (Å²) in [6.07, 6.45) is 0.639.